The lowest BCUT2D eigenvalue weighted by atomic mass is 10.2. The topological polar surface area (TPSA) is 84.0 Å². The molecule has 0 atom stereocenters. The standard InChI is InChI=1S/C18H13Cl3N4O2S2/c1-9-12(20)3-2-4-14(9)22-15(26)8-28-18-25-24-17(29-18)23-16(27)11-6-5-10(19)7-13(11)21/h2-7H,8H2,1H3,(H,22,26)(H,23,24,27). The number of hydrogen-bond acceptors (Lipinski definition) is 6. The number of nitrogens with zero attached hydrogens (tertiary/aromatic N) is 2. The Balaban J connectivity index is 1.55. The van der Waals surface area contributed by atoms with Crippen LogP contribution in [-0.4, -0.2) is 27.8 Å². The summed E-state index contributed by atoms with van der Waals surface area (Å²) in [7, 11) is 0. The minimum Gasteiger partial charge on any atom is -0.325 e. The lowest BCUT2D eigenvalue weighted by Crippen LogP contribution is -2.14. The number of rotatable bonds is 6. The monoisotopic (exact) mass is 486 g/mol. The van der Waals surface area contributed by atoms with Crippen LogP contribution < -0.4 is 10.6 Å². The Morgan fingerprint density at radius 1 is 1.07 bits per heavy atom. The zero-order valence-corrected chi connectivity index (χ0v) is 18.7. The van der Waals surface area contributed by atoms with Gasteiger partial charge in [0.05, 0.1) is 16.3 Å². The molecule has 2 N–H and O–H groups in total. The Morgan fingerprint density at radius 3 is 2.62 bits per heavy atom. The molecule has 1 heterocycles. The molecule has 0 fully saturated rings. The van der Waals surface area contributed by atoms with Gasteiger partial charge in [-0.3, -0.25) is 14.9 Å². The number of thioether (sulfide) groups is 1. The number of nitrogens with one attached hydrogen (secondary N) is 2. The van der Waals surface area contributed by atoms with Crippen LogP contribution in [-0.2, 0) is 4.79 Å². The van der Waals surface area contributed by atoms with E-state index >= 15 is 0 Å². The smallest absolute Gasteiger partial charge is 0.259 e. The highest BCUT2D eigenvalue weighted by Crippen LogP contribution is 2.28. The zero-order chi connectivity index (χ0) is 21.0. The Hall–Kier alpha value is -1.84. The second kappa shape index (κ2) is 9.77. The van der Waals surface area contributed by atoms with Crippen molar-refractivity contribution in [1.29, 1.82) is 0 Å². The van der Waals surface area contributed by atoms with Gasteiger partial charge in [-0.05, 0) is 42.8 Å². The number of benzene rings is 2. The maximum atomic E-state index is 12.3. The summed E-state index contributed by atoms with van der Waals surface area (Å²) in [6.07, 6.45) is 0. The van der Waals surface area contributed by atoms with Gasteiger partial charge < -0.3 is 5.32 Å². The molecule has 0 saturated carbocycles. The Bertz CT molecular complexity index is 1080. The maximum Gasteiger partial charge on any atom is 0.259 e. The highest BCUT2D eigenvalue weighted by molar-refractivity contribution is 8.01. The van der Waals surface area contributed by atoms with Gasteiger partial charge in [-0.2, -0.15) is 0 Å². The molecule has 1 aromatic heterocycles. The third-order valence-electron chi connectivity index (χ3n) is 3.67. The van der Waals surface area contributed by atoms with E-state index in [0.29, 0.717) is 25.2 Å². The predicted molar refractivity (Wildman–Crippen MR) is 120 cm³/mol. The van der Waals surface area contributed by atoms with Gasteiger partial charge in [0, 0.05) is 15.7 Å². The molecule has 0 aliphatic heterocycles. The molecule has 3 aromatic rings. The molecule has 0 spiro atoms. The molecule has 29 heavy (non-hydrogen) atoms. The summed E-state index contributed by atoms with van der Waals surface area (Å²) >= 11 is 20.3. The summed E-state index contributed by atoms with van der Waals surface area (Å²) in [5, 5.41) is 14.9. The first kappa shape index (κ1) is 21.9. The summed E-state index contributed by atoms with van der Waals surface area (Å²) < 4.78 is 0.542. The molecule has 0 aliphatic rings. The Kier molecular flexibility index (Phi) is 7.37. The summed E-state index contributed by atoms with van der Waals surface area (Å²) in [4.78, 5) is 24.5. The summed E-state index contributed by atoms with van der Waals surface area (Å²) in [6.45, 7) is 1.83. The molecule has 3 rings (SSSR count). The number of aromatic nitrogens is 2. The first-order valence-electron chi connectivity index (χ1n) is 8.11. The number of anilines is 2. The van der Waals surface area contributed by atoms with Crippen LogP contribution in [0.5, 0.6) is 0 Å². The molecular weight excluding hydrogens is 475 g/mol. The molecule has 0 bridgehead atoms. The number of carbonyl (C=O) groups excluding carboxylic acids is 2. The summed E-state index contributed by atoms with van der Waals surface area (Å²) in [5.41, 5.74) is 1.74. The SMILES string of the molecule is Cc1c(Cl)cccc1NC(=O)CSc1nnc(NC(=O)c2ccc(Cl)cc2Cl)s1. The van der Waals surface area contributed by atoms with E-state index in [0.717, 1.165) is 16.9 Å². The molecule has 6 nitrogen and oxygen atoms in total. The van der Waals surface area contributed by atoms with Gasteiger partial charge >= 0.3 is 0 Å². The first-order chi connectivity index (χ1) is 13.8. The molecule has 0 saturated heterocycles. The highest BCUT2D eigenvalue weighted by atomic mass is 35.5. The van der Waals surface area contributed by atoms with E-state index in [1.165, 1.54) is 23.9 Å². The van der Waals surface area contributed by atoms with Crippen LogP contribution in [0.3, 0.4) is 0 Å². The second-order valence-electron chi connectivity index (χ2n) is 5.70. The van der Waals surface area contributed by atoms with Crippen LogP contribution in [0.2, 0.25) is 15.1 Å². The van der Waals surface area contributed by atoms with Crippen molar-refractivity contribution in [2.45, 2.75) is 11.3 Å². The van der Waals surface area contributed by atoms with Crippen LogP contribution >= 0.6 is 57.9 Å². The average Bonchev–Trinajstić information content (AvgIpc) is 3.11. The number of carbonyl (C=O) groups is 2. The van der Waals surface area contributed by atoms with Crippen molar-refractivity contribution in [2.24, 2.45) is 0 Å². The number of amides is 2. The summed E-state index contributed by atoms with van der Waals surface area (Å²) in [6, 6.07) is 9.90. The van der Waals surface area contributed by atoms with Crippen molar-refractivity contribution in [2.75, 3.05) is 16.4 Å². The van der Waals surface area contributed by atoms with Gasteiger partial charge in [-0.25, -0.2) is 0 Å². The van der Waals surface area contributed by atoms with Crippen molar-refractivity contribution in [3.63, 3.8) is 0 Å². The fourth-order valence-electron chi connectivity index (χ4n) is 2.21. The van der Waals surface area contributed by atoms with Crippen LogP contribution in [0.1, 0.15) is 15.9 Å². The molecule has 150 valence electrons. The van der Waals surface area contributed by atoms with Gasteiger partial charge in [0.25, 0.3) is 5.91 Å². The molecule has 2 amide bonds. The Morgan fingerprint density at radius 2 is 1.86 bits per heavy atom. The number of halogens is 3. The van der Waals surface area contributed by atoms with E-state index in [9.17, 15) is 9.59 Å². The van der Waals surface area contributed by atoms with Gasteiger partial charge in [-0.1, -0.05) is 64.0 Å². The molecule has 2 aromatic carbocycles. The van der Waals surface area contributed by atoms with Crippen LogP contribution in [0.25, 0.3) is 0 Å². The largest absolute Gasteiger partial charge is 0.325 e. The zero-order valence-electron chi connectivity index (χ0n) is 14.8. The third kappa shape index (κ3) is 5.83. The van der Waals surface area contributed by atoms with E-state index in [4.69, 9.17) is 34.8 Å². The molecular formula is C18H13Cl3N4O2S2. The normalized spacial score (nSPS) is 10.6. The fourth-order valence-corrected chi connectivity index (χ4v) is 4.43. The lowest BCUT2D eigenvalue weighted by Gasteiger charge is -2.08. The van der Waals surface area contributed by atoms with E-state index in [-0.39, 0.29) is 22.2 Å². The highest BCUT2D eigenvalue weighted by Gasteiger charge is 2.15. The number of hydrogen-bond donors (Lipinski definition) is 2. The molecule has 0 aliphatic carbocycles. The van der Waals surface area contributed by atoms with Crippen molar-refractivity contribution in [1.82, 2.24) is 10.2 Å². The van der Waals surface area contributed by atoms with Gasteiger partial charge in [-0.15, -0.1) is 10.2 Å². The Labute approximate surface area is 190 Å². The van der Waals surface area contributed by atoms with Crippen molar-refractivity contribution >= 4 is 80.5 Å². The van der Waals surface area contributed by atoms with E-state index in [2.05, 4.69) is 20.8 Å². The third-order valence-corrected chi connectivity index (χ3v) is 6.60. The molecule has 11 heteroatoms. The fraction of sp³-hybridized carbons (Fsp3) is 0.111. The average molecular weight is 488 g/mol. The second-order valence-corrected chi connectivity index (χ2v) is 9.15. The van der Waals surface area contributed by atoms with E-state index in [1.54, 1.807) is 24.3 Å². The van der Waals surface area contributed by atoms with Crippen LogP contribution in [0.4, 0.5) is 10.8 Å². The minimum absolute atomic E-state index is 0.136. The van der Waals surface area contributed by atoms with Crippen molar-refractivity contribution in [3.8, 4) is 0 Å². The quantitative estimate of drug-likeness (QED) is 0.339. The predicted octanol–water partition coefficient (Wildman–Crippen LogP) is 5.79. The van der Waals surface area contributed by atoms with E-state index in [1.807, 2.05) is 6.92 Å². The maximum absolute atomic E-state index is 12.3. The summed E-state index contributed by atoms with van der Waals surface area (Å²) in [5.74, 6) is -0.486. The lowest BCUT2D eigenvalue weighted by molar-refractivity contribution is -0.113. The minimum atomic E-state index is -0.423. The van der Waals surface area contributed by atoms with Gasteiger partial charge in [0.2, 0.25) is 11.0 Å². The first-order valence-corrected chi connectivity index (χ1v) is 11.0. The van der Waals surface area contributed by atoms with Crippen molar-refractivity contribution in [3.05, 3.63) is 62.6 Å². The molecule has 0 radical (unpaired) electrons. The van der Waals surface area contributed by atoms with E-state index < -0.39 is 5.91 Å². The van der Waals surface area contributed by atoms with Crippen molar-refractivity contribution < 1.29 is 9.59 Å². The van der Waals surface area contributed by atoms with Gasteiger partial charge in [0.1, 0.15) is 0 Å². The van der Waals surface area contributed by atoms with Crippen LogP contribution in [0, 0.1) is 6.92 Å². The molecule has 0 unspecified atom stereocenters. The van der Waals surface area contributed by atoms with Crippen LogP contribution in [0.15, 0.2) is 40.7 Å². The van der Waals surface area contributed by atoms with Gasteiger partial charge in [0.15, 0.2) is 4.34 Å².